The van der Waals surface area contributed by atoms with Crippen LogP contribution in [0.3, 0.4) is 0 Å². The molecule has 0 fully saturated rings. The highest BCUT2D eigenvalue weighted by Crippen LogP contribution is 2.21. The Labute approximate surface area is 116 Å². The number of anilines is 1. The monoisotopic (exact) mass is 266 g/mol. The highest BCUT2D eigenvalue weighted by atomic mass is 32.1. The minimum absolute atomic E-state index is 0.772. The highest BCUT2D eigenvalue weighted by Gasteiger charge is 1.98. The number of nitrogens with one attached hydrogen (secondary N) is 1. The molecule has 0 saturated carbocycles. The molecule has 0 saturated heterocycles. The predicted octanol–water partition coefficient (Wildman–Crippen LogP) is 4.42. The third-order valence-electron chi connectivity index (χ3n) is 2.95. The van der Waals surface area contributed by atoms with Gasteiger partial charge in [-0.15, -0.1) is 11.3 Å². The summed E-state index contributed by atoms with van der Waals surface area (Å²) in [6.45, 7) is 0.772. The van der Waals surface area contributed by atoms with E-state index in [1.807, 2.05) is 11.6 Å². The second-order valence-electron chi connectivity index (χ2n) is 4.28. The molecule has 1 aromatic heterocycles. The van der Waals surface area contributed by atoms with Gasteiger partial charge in [0.15, 0.2) is 0 Å². The zero-order valence-electron chi connectivity index (χ0n) is 10.4. The Morgan fingerprint density at radius 1 is 0.895 bits per heavy atom. The molecule has 0 aliphatic carbocycles. The number of benzene rings is 2. The molecule has 3 aromatic rings. The molecular weight excluding hydrogens is 252 g/mol. The van der Waals surface area contributed by atoms with Gasteiger partial charge in [-0.05, 0) is 23.3 Å². The molecule has 1 N–H and O–H groups in total. The zero-order valence-corrected chi connectivity index (χ0v) is 11.2. The average molecular weight is 266 g/mol. The summed E-state index contributed by atoms with van der Waals surface area (Å²) in [5.74, 6) is 0. The van der Waals surface area contributed by atoms with Crippen LogP contribution in [0.15, 0.2) is 65.5 Å². The summed E-state index contributed by atoms with van der Waals surface area (Å²) in [6, 6.07) is 18.9. The van der Waals surface area contributed by atoms with Crippen molar-refractivity contribution in [2.75, 3.05) is 5.32 Å². The predicted molar refractivity (Wildman–Crippen MR) is 81.3 cm³/mol. The van der Waals surface area contributed by atoms with Gasteiger partial charge in [-0.3, -0.25) is 0 Å². The molecule has 0 unspecified atom stereocenters. The maximum absolute atomic E-state index is 4.25. The minimum Gasteiger partial charge on any atom is -0.379 e. The first kappa shape index (κ1) is 11.9. The lowest BCUT2D eigenvalue weighted by Gasteiger charge is -2.06. The van der Waals surface area contributed by atoms with E-state index in [9.17, 15) is 0 Å². The molecule has 94 valence electrons. The van der Waals surface area contributed by atoms with Crippen LogP contribution in [0, 0.1) is 0 Å². The van der Waals surface area contributed by atoms with Crippen molar-refractivity contribution in [3.8, 4) is 11.1 Å². The van der Waals surface area contributed by atoms with Crippen LogP contribution in [-0.2, 0) is 6.54 Å². The Hall–Kier alpha value is -2.13. The van der Waals surface area contributed by atoms with Crippen LogP contribution >= 0.6 is 11.3 Å². The van der Waals surface area contributed by atoms with Crippen molar-refractivity contribution in [3.05, 3.63) is 71.2 Å². The summed E-state index contributed by atoms with van der Waals surface area (Å²) in [7, 11) is 0. The Morgan fingerprint density at radius 2 is 1.63 bits per heavy atom. The van der Waals surface area contributed by atoms with Crippen molar-refractivity contribution >= 4 is 17.0 Å². The lowest BCUT2D eigenvalue weighted by atomic mass is 10.1. The molecule has 0 atom stereocenters. The normalized spacial score (nSPS) is 10.3. The van der Waals surface area contributed by atoms with Gasteiger partial charge < -0.3 is 5.32 Å². The van der Waals surface area contributed by atoms with Crippen LogP contribution < -0.4 is 5.32 Å². The van der Waals surface area contributed by atoms with Crippen LogP contribution in [0.5, 0.6) is 0 Å². The molecule has 0 aliphatic heterocycles. The Kier molecular flexibility index (Phi) is 3.56. The van der Waals surface area contributed by atoms with E-state index in [-0.39, 0.29) is 0 Å². The number of nitrogens with zero attached hydrogens (tertiary/aromatic N) is 1. The van der Waals surface area contributed by atoms with E-state index in [2.05, 4.69) is 64.2 Å². The summed E-state index contributed by atoms with van der Waals surface area (Å²) in [5.41, 5.74) is 6.54. The van der Waals surface area contributed by atoms with Gasteiger partial charge in [0.2, 0.25) is 0 Å². The van der Waals surface area contributed by atoms with E-state index in [4.69, 9.17) is 0 Å². The van der Waals surface area contributed by atoms with Crippen LogP contribution in [0.2, 0.25) is 0 Å². The summed E-state index contributed by atoms with van der Waals surface area (Å²) >= 11 is 1.62. The minimum atomic E-state index is 0.772. The Bertz CT molecular complexity index is 616. The number of aromatic nitrogens is 1. The van der Waals surface area contributed by atoms with Crippen LogP contribution in [0.4, 0.5) is 5.69 Å². The van der Waals surface area contributed by atoms with E-state index in [1.54, 1.807) is 11.3 Å². The Balaban J connectivity index is 1.69. The fourth-order valence-corrected chi connectivity index (χ4v) is 2.49. The quantitative estimate of drug-likeness (QED) is 0.756. The van der Waals surface area contributed by atoms with E-state index < -0.39 is 0 Å². The van der Waals surface area contributed by atoms with Crippen molar-refractivity contribution in [2.45, 2.75) is 6.54 Å². The second-order valence-corrected chi connectivity index (χ2v) is 5.00. The first-order valence-electron chi connectivity index (χ1n) is 6.18. The number of thiazole rings is 1. The van der Waals surface area contributed by atoms with Gasteiger partial charge in [-0.25, -0.2) is 4.98 Å². The molecule has 0 bridgehead atoms. The fraction of sp³-hybridized carbons (Fsp3) is 0.0625. The lowest BCUT2D eigenvalue weighted by Crippen LogP contribution is -1.99. The van der Waals surface area contributed by atoms with E-state index in [0.717, 1.165) is 17.9 Å². The van der Waals surface area contributed by atoms with Gasteiger partial charge in [-0.1, -0.05) is 42.5 Å². The first-order valence-corrected chi connectivity index (χ1v) is 7.12. The van der Waals surface area contributed by atoms with Crippen molar-refractivity contribution in [2.24, 2.45) is 0 Å². The van der Waals surface area contributed by atoms with Crippen molar-refractivity contribution in [1.29, 1.82) is 0 Å². The van der Waals surface area contributed by atoms with Crippen LogP contribution in [0.1, 0.15) is 5.69 Å². The molecule has 2 nitrogen and oxygen atoms in total. The summed E-state index contributed by atoms with van der Waals surface area (Å²) in [5, 5.41) is 5.43. The highest BCUT2D eigenvalue weighted by molar-refractivity contribution is 7.07. The average Bonchev–Trinajstić information content (AvgIpc) is 3.00. The first-order chi connectivity index (χ1) is 9.42. The zero-order chi connectivity index (χ0) is 12.9. The van der Waals surface area contributed by atoms with E-state index in [0.29, 0.717) is 0 Å². The van der Waals surface area contributed by atoms with Gasteiger partial charge in [-0.2, -0.15) is 0 Å². The van der Waals surface area contributed by atoms with E-state index in [1.165, 1.54) is 11.1 Å². The van der Waals surface area contributed by atoms with Crippen molar-refractivity contribution in [3.63, 3.8) is 0 Å². The summed E-state index contributed by atoms with van der Waals surface area (Å²) < 4.78 is 0. The van der Waals surface area contributed by atoms with Gasteiger partial charge in [0.25, 0.3) is 0 Å². The molecule has 0 amide bonds. The van der Waals surface area contributed by atoms with Gasteiger partial charge >= 0.3 is 0 Å². The van der Waals surface area contributed by atoms with Gasteiger partial charge in [0, 0.05) is 11.1 Å². The molecule has 2 aromatic carbocycles. The third kappa shape index (κ3) is 3.01. The molecule has 3 heteroatoms. The molecule has 1 heterocycles. The topological polar surface area (TPSA) is 24.9 Å². The molecule has 0 aliphatic rings. The standard InChI is InChI=1S/C16H14N2S/c1-2-4-13(5-3-1)14-6-8-15(9-7-14)17-10-16-11-19-12-18-16/h1-9,11-12,17H,10H2. The molecule has 3 rings (SSSR count). The second kappa shape index (κ2) is 5.67. The molecule has 0 spiro atoms. The number of hydrogen-bond acceptors (Lipinski definition) is 3. The fourth-order valence-electron chi connectivity index (χ4n) is 1.93. The molecular formula is C16H14N2S. The number of hydrogen-bond donors (Lipinski definition) is 1. The maximum atomic E-state index is 4.25. The SMILES string of the molecule is c1ccc(-c2ccc(NCc3cscn3)cc2)cc1. The maximum Gasteiger partial charge on any atom is 0.0795 e. The lowest BCUT2D eigenvalue weighted by molar-refractivity contribution is 1.07. The van der Waals surface area contributed by atoms with Crippen molar-refractivity contribution < 1.29 is 0 Å². The molecule has 0 radical (unpaired) electrons. The largest absolute Gasteiger partial charge is 0.379 e. The van der Waals surface area contributed by atoms with Crippen molar-refractivity contribution in [1.82, 2.24) is 4.98 Å². The summed E-state index contributed by atoms with van der Waals surface area (Å²) in [6.07, 6.45) is 0. The van der Waals surface area contributed by atoms with Crippen LogP contribution in [0.25, 0.3) is 11.1 Å². The summed E-state index contributed by atoms with van der Waals surface area (Å²) in [4.78, 5) is 4.25. The third-order valence-corrected chi connectivity index (χ3v) is 3.58. The van der Waals surface area contributed by atoms with Gasteiger partial charge in [0.1, 0.15) is 0 Å². The Morgan fingerprint density at radius 3 is 2.32 bits per heavy atom. The number of rotatable bonds is 4. The van der Waals surface area contributed by atoms with Crippen LogP contribution in [-0.4, -0.2) is 4.98 Å². The van der Waals surface area contributed by atoms with E-state index >= 15 is 0 Å². The molecule has 19 heavy (non-hydrogen) atoms. The smallest absolute Gasteiger partial charge is 0.0795 e. The van der Waals surface area contributed by atoms with Gasteiger partial charge in [0.05, 0.1) is 17.7 Å².